The molecule has 1 heterocycles. The van der Waals surface area contributed by atoms with Crippen molar-refractivity contribution in [3.63, 3.8) is 0 Å². The third-order valence-corrected chi connectivity index (χ3v) is 2.99. The summed E-state index contributed by atoms with van der Waals surface area (Å²) < 4.78 is 5.43. The highest BCUT2D eigenvalue weighted by molar-refractivity contribution is 5.72. The fraction of sp³-hybridized carbons (Fsp3) is 0.462. The Morgan fingerprint density at radius 1 is 1.59 bits per heavy atom. The number of ether oxygens (including phenoxy) is 1. The molecule has 1 atom stereocenters. The summed E-state index contributed by atoms with van der Waals surface area (Å²) in [7, 11) is 0. The second-order valence-corrected chi connectivity index (χ2v) is 4.30. The number of hydrogen-bond acceptors (Lipinski definition) is 3. The van der Waals surface area contributed by atoms with Crippen LogP contribution in [-0.4, -0.2) is 30.3 Å². The number of hydrogen-bond donors (Lipinski definition) is 2. The number of carboxylic acid groups (broad SMARTS) is 1. The second-order valence-electron chi connectivity index (χ2n) is 4.30. The summed E-state index contributed by atoms with van der Waals surface area (Å²) in [6, 6.07) is 5.69. The average molecular weight is 235 g/mol. The van der Waals surface area contributed by atoms with E-state index in [4.69, 9.17) is 9.84 Å². The lowest BCUT2D eigenvalue weighted by Crippen LogP contribution is -2.34. The second kappa shape index (κ2) is 5.19. The number of rotatable bonds is 5. The summed E-state index contributed by atoms with van der Waals surface area (Å²) in [5, 5.41) is 11.7. The third kappa shape index (κ3) is 2.97. The van der Waals surface area contributed by atoms with Gasteiger partial charge in [0, 0.05) is 6.42 Å². The van der Waals surface area contributed by atoms with Crippen molar-refractivity contribution < 1.29 is 14.6 Å². The van der Waals surface area contributed by atoms with Gasteiger partial charge in [-0.2, -0.15) is 0 Å². The van der Waals surface area contributed by atoms with E-state index in [0.717, 1.165) is 25.2 Å². The minimum absolute atomic E-state index is 0.493. The zero-order valence-corrected chi connectivity index (χ0v) is 9.90. The normalized spacial score (nSPS) is 15.1. The van der Waals surface area contributed by atoms with E-state index in [0.29, 0.717) is 6.54 Å². The van der Waals surface area contributed by atoms with Crippen LogP contribution in [0.1, 0.15) is 18.1 Å². The van der Waals surface area contributed by atoms with Gasteiger partial charge in [0.25, 0.3) is 0 Å². The van der Waals surface area contributed by atoms with E-state index in [1.807, 2.05) is 12.1 Å². The van der Waals surface area contributed by atoms with Crippen LogP contribution in [0.5, 0.6) is 5.75 Å². The van der Waals surface area contributed by atoms with Crippen LogP contribution in [0.15, 0.2) is 18.2 Å². The molecular formula is C13H17NO3. The van der Waals surface area contributed by atoms with Crippen LogP contribution in [0.4, 0.5) is 0 Å². The fourth-order valence-corrected chi connectivity index (χ4v) is 1.92. The molecule has 4 nitrogen and oxygen atoms in total. The molecule has 2 rings (SSSR count). The van der Waals surface area contributed by atoms with Crippen LogP contribution in [0.2, 0.25) is 0 Å². The summed E-state index contributed by atoms with van der Waals surface area (Å²) in [4.78, 5) is 10.6. The van der Waals surface area contributed by atoms with E-state index in [9.17, 15) is 4.79 Å². The number of aliphatic carboxylic acids is 1. The molecule has 0 spiro atoms. The van der Waals surface area contributed by atoms with E-state index < -0.39 is 12.0 Å². The molecule has 2 N–H and O–H groups in total. The van der Waals surface area contributed by atoms with Crippen molar-refractivity contribution in [2.24, 2.45) is 0 Å². The zero-order chi connectivity index (χ0) is 12.3. The molecule has 0 aliphatic carbocycles. The quantitative estimate of drug-likeness (QED) is 0.806. The van der Waals surface area contributed by atoms with Gasteiger partial charge in [0.1, 0.15) is 11.8 Å². The van der Waals surface area contributed by atoms with E-state index in [1.165, 1.54) is 11.1 Å². The Morgan fingerprint density at radius 2 is 2.41 bits per heavy atom. The largest absolute Gasteiger partial charge is 0.493 e. The summed E-state index contributed by atoms with van der Waals surface area (Å²) in [5.41, 5.74) is 2.48. The summed E-state index contributed by atoms with van der Waals surface area (Å²) >= 11 is 0. The molecule has 0 aromatic heterocycles. The van der Waals surface area contributed by atoms with Gasteiger partial charge in [-0.05, 0) is 37.1 Å². The molecule has 92 valence electrons. The summed E-state index contributed by atoms with van der Waals surface area (Å²) in [5.74, 6) is 0.174. The molecule has 0 bridgehead atoms. The highest BCUT2D eigenvalue weighted by Crippen LogP contribution is 2.25. The number of nitrogens with one attached hydrogen (secondary N) is 1. The number of fused-ring (bicyclic) bond motifs is 1. The van der Waals surface area contributed by atoms with Crippen LogP contribution in [0.3, 0.4) is 0 Å². The van der Waals surface area contributed by atoms with Crippen molar-refractivity contribution in [2.75, 3.05) is 13.2 Å². The minimum atomic E-state index is -0.813. The monoisotopic (exact) mass is 235 g/mol. The molecule has 0 fully saturated rings. The Bertz CT molecular complexity index is 417. The average Bonchev–Trinajstić information content (AvgIpc) is 2.75. The Morgan fingerprint density at radius 3 is 3.18 bits per heavy atom. The lowest BCUT2D eigenvalue weighted by molar-refractivity contribution is -0.138. The maximum Gasteiger partial charge on any atom is 0.320 e. The standard InChI is InChI=1S/C13H17NO3/c1-9(13(15)16)14-6-4-10-2-3-12-11(8-10)5-7-17-12/h2-3,8-9,14H,4-7H2,1H3,(H,15,16)/t9-/m0/s1. The van der Waals surface area contributed by atoms with Crippen molar-refractivity contribution in [2.45, 2.75) is 25.8 Å². The molecule has 1 aliphatic heterocycles. The van der Waals surface area contributed by atoms with Gasteiger partial charge in [-0.3, -0.25) is 4.79 Å². The maximum atomic E-state index is 10.6. The molecule has 4 heteroatoms. The third-order valence-electron chi connectivity index (χ3n) is 2.99. The van der Waals surface area contributed by atoms with Gasteiger partial charge >= 0.3 is 5.97 Å². The van der Waals surface area contributed by atoms with Crippen molar-refractivity contribution in [1.29, 1.82) is 0 Å². The fourth-order valence-electron chi connectivity index (χ4n) is 1.92. The number of carbonyl (C=O) groups is 1. The van der Waals surface area contributed by atoms with Gasteiger partial charge in [0.05, 0.1) is 6.61 Å². The van der Waals surface area contributed by atoms with Gasteiger partial charge in [-0.15, -0.1) is 0 Å². The predicted molar refractivity (Wildman–Crippen MR) is 64.4 cm³/mol. The lowest BCUT2D eigenvalue weighted by atomic mass is 10.1. The van der Waals surface area contributed by atoms with Crippen LogP contribution >= 0.6 is 0 Å². The first-order valence-electron chi connectivity index (χ1n) is 5.87. The maximum absolute atomic E-state index is 10.6. The van der Waals surface area contributed by atoms with Gasteiger partial charge in [-0.25, -0.2) is 0 Å². The van der Waals surface area contributed by atoms with E-state index in [-0.39, 0.29) is 0 Å². The molecule has 0 unspecified atom stereocenters. The molecule has 1 aromatic carbocycles. The number of benzene rings is 1. The zero-order valence-electron chi connectivity index (χ0n) is 9.90. The van der Waals surface area contributed by atoms with Crippen LogP contribution in [-0.2, 0) is 17.6 Å². The summed E-state index contributed by atoms with van der Waals surface area (Å²) in [6.07, 6.45) is 1.81. The van der Waals surface area contributed by atoms with Crippen molar-refractivity contribution in [3.8, 4) is 5.75 Å². The Labute approximate surface area is 101 Å². The van der Waals surface area contributed by atoms with E-state index >= 15 is 0 Å². The Balaban J connectivity index is 1.85. The Hall–Kier alpha value is -1.55. The minimum Gasteiger partial charge on any atom is -0.493 e. The SMILES string of the molecule is C[C@H](NCCc1ccc2c(c1)CCO2)C(=O)O. The highest BCUT2D eigenvalue weighted by atomic mass is 16.5. The first kappa shape index (κ1) is 11.9. The van der Waals surface area contributed by atoms with Crippen molar-refractivity contribution in [1.82, 2.24) is 5.32 Å². The first-order valence-corrected chi connectivity index (χ1v) is 5.87. The van der Waals surface area contributed by atoms with Gasteiger partial charge in [-0.1, -0.05) is 12.1 Å². The van der Waals surface area contributed by atoms with Crippen LogP contribution < -0.4 is 10.1 Å². The highest BCUT2D eigenvalue weighted by Gasteiger charge is 2.12. The molecule has 17 heavy (non-hydrogen) atoms. The molecule has 0 saturated heterocycles. The van der Waals surface area contributed by atoms with Gasteiger partial charge in [0.2, 0.25) is 0 Å². The Kier molecular flexibility index (Phi) is 3.64. The van der Waals surface area contributed by atoms with Gasteiger partial charge in [0.15, 0.2) is 0 Å². The van der Waals surface area contributed by atoms with Crippen molar-refractivity contribution >= 4 is 5.97 Å². The van der Waals surface area contributed by atoms with E-state index in [2.05, 4.69) is 11.4 Å². The topological polar surface area (TPSA) is 58.6 Å². The number of carboxylic acids is 1. The lowest BCUT2D eigenvalue weighted by Gasteiger charge is -2.09. The van der Waals surface area contributed by atoms with Gasteiger partial charge < -0.3 is 15.2 Å². The molecule has 1 aliphatic rings. The van der Waals surface area contributed by atoms with E-state index in [1.54, 1.807) is 6.92 Å². The predicted octanol–water partition coefficient (Wildman–Crippen LogP) is 1.23. The smallest absolute Gasteiger partial charge is 0.320 e. The van der Waals surface area contributed by atoms with Crippen molar-refractivity contribution in [3.05, 3.63) is 29.3 Å². The molecule has 1 aromatic rings. The molecule has 0 saturated carbocycles. The molecular weight excluding hydrogens is 218 g/mol. The molecule has 0 amide bonds. The molecule has 0 radical (unpaired) electrons. The first-order chi connectivity index (χ1) is 8.16. The van der Waals surface area contributed by atoms with Crippen LogP contribution in [0, 0.1) is 0 Å². The van der Waals surface area contributed by atoms with Crippen LogP contribution in [0.25, 0.3) is 0 Å². The summed E-state index contributed by atoms with van der Waals surface area (Å²) in [6.45, 7) is 3.10.